The molecular formula is C17H22BrN3. The van der Waals surface area contributed by atoms with Gasteiger partial charge in [-0.2, -0.15) is 0 Å². The molecule has 0 bridgehead atoms. The largest absolute Gasteiger partial charge is 0.368 e. The Labute approximate surface area is 135 Å². The van der Waals surface area contributed by atoms with Gasteiger partial charge in [0, 0.05) is 23.3 Å². The Morgan fingerprint density at radius 1 is 1.29 bits per heavy atom. The quantitative estimate of drug-likeness (QED) is 0.883. The normalized spacial score (nSPS) is 12.2. The predicted octanol–water partition coefficient (Wildman–Crippen LogP) is 4.07. The van der Waals surface area contributed by atoms with Gasteiger partial charge in [-0.3, -0.25) is 4.98 Å². The summed E-state index contributed by atoms with van der Waals surface area (Å²) in [4.78, 5) is 6.77. The molecule has 0 spiro atoms. The van der Waals surface area contributed by atoms with Gasteiger partial charge in [-0.25, -0.2) is 0 Å². The van der Waals surface area contributed by atoms with E-state index in [-0.39, 0.29) is 0 Å². The number of aryl methyl sites for hydroxylation is 1. The SMILES string of the molecule is CNC(C)c1ccc(N(C)Cc2cccc(C)n2)c(Br)c1. The molecule has 1 unspecified atom stereocenters. The van der Waals surface area contributed by atoms with E-state index < -0.39 is 0 Å². The summed E-state index contributed by atoms with van der Waals surface area (Å²) in [7, 11) is 4.06. The van der Waals surface area contributed by atoms with Crippen LogP contribution in [0.25, 0.3) is 0 Å². The first-order chi connectivity index (χ1) is 10.0. The number of hydrogen-bond acceptors (Lipinski definition) is 3. The van der Waals surface area contributed by atoms with Crippen LogP contribution in [-0.2, 0) is 6.54 Å². The molecule has 4 heteroatoms. The zero-order valence-electron chi connectivity index (χ0n) is 13.0. The molecule has 1 atom stereocenters. The van der Waals surface area contributed by atoms with Gasteiger partial charge >= 0.3 is 0 Å². The highest BCUT2D eigenvalue weighted by Gasteiger charge is 2.10. The average Bonchev–Trinajstić information content (AvgIpc) is 2.46. The molecule has 0 saturated carbocycles. The molecule has 3 nitrogen and oxygen atoms in total. The van der Waals surface area contributed by atoms with Gasteiger partial charge < -0.3 is 10.2 Å². The fraction of sp³-hybridized carbons (Fsp3) is 0.353. The molecule has 2 rings (SSSR count). The van der Waals surface area contributed by atoms with Gasteiger partial charge in [0.2, 0.25) is 0 Å². The summed E-state index contributed by atoms with van der Waals surface area (Å²) in [5.74, 6) is 0. The molecule has 0 aliphatic rings. The van der Waals surface area contributed by atoms with Gasteiger partial charge in [-0.15, -0.1) is 0 Å². The molecule has 0 saturated heterocycles. The number of halogens is 1. The number of benzene rings is 1. The first-order valence-electron chi connectivity index (χ1n) is 7.11. The van der Waals surface area contributed by atoms with E-state index in [0.29, 0.717) is 6.04 Å². The summed E-state index contributed by atoms with van der Waals surface area (Å²) in [5, 5.41) is 3.26. The van der Waals surface area contributed by atoms with Crippen LogP contribution in [0.2, 0.25) is 0 Å². The van der Waals surface area contributed by atoms with E-state index in [1.807, 2.05) is 20.0 Å². The van der Waals surface area contributed by atoms with Crippen molar-refractivity contribution in [1.82, 2.24) is 10.3 Å². The van der Waals surface area contributed by atoms with Crippen molar-refractivity contribution < 1.29 is 0 Å². The van der Waals surface area contributed by atoms with Gasteiger partial charge in [0.15, 0.2) is 0 Å². The monoisotopic (exact) mass is 347 g/mol. The van der Waals surface area contributed by atoms with Crippen LogP contribution in [0.3, 0.4) is 0 Å². The molecule has 2 aromatic rings. The fourth-order valence-electron chi connectivity index (χ4n) is 2.28. The van der Waals surface area contributed by atoms with Gasteiger partial charge in [0.05, 0.1) is 17.9 Å². The minimum Gasteiger partial charge on any atom is -0.368 e. The molecular weight excluding hydrogens is 326 g/mol. The smallest absolute Gasteiger partial charge is 0.0600 e. The van der Waals surface area contributed by atoms with E-state index in [0.717, 1.165) is 22.4 Å². The number of nitrogens with zero attached hydrogens (tertiary/aromatic N) is 2. The summed E-state index contributed by atoms with van der Waals surface area (Å²) in [6.45, 7) is 4.97. The molecule has 0 aliphatic heterocycles. The van der Waals surface area contributed by atoms with Crippen LogP contribution in [-0.4, -0.2) is 19.1 Å². The standard InChI is InChI=1S/C17H22BrN3/c1-12-6-5-7-15(20-12)11-21(4)17-9-8-14(10-16(17)18)13(2)19-3/h5-10,13,19H,11H2,1-4H3. The maximum Gasteiger partial charge on any atom is 0.0600 e. The third-order valence-corrected chi connectivity index (χ3v) is 4.30. The summed E-state index contributed by atoms with van der Waals surface area (Å²) in [6.07, 6.45) is 0. The molecule has 21 heavy (non-hydrogen) atoms. The molecule has 0 radical (unpaired) electrons. The maximum atomic E-state index is 4.56. The zero-order chi connectivity index (χ0) is 15.4. The molecule has 0 fully saturated rings. The molecule has 1 heterocycles. The van der Waals surface area contributed by atoms with Crippen molar-refractivity contribution in [2.45, 2.75) is 26.4 Å². The Kier molecular flexibility index (Phi) is 5.37. The van der Waals surface area contributed by atoms with E-state index >= 15 is 0 Å². The van der Waals surface area contributed by atoms with Gasteiger partial charge in [-0.1, -0.05) is 12.1 Å². The fourth-order valence-corrected chi connectivity index (χ4v) is 2.98. The second-order valence-electron chi connectivity index (χ2n) is 5.35. The second-order valence-corrected chi connectivity index (χ2v) is 6.20. The average molecular weight is 348 g/mol. The van der Waals surface area contributed by atoms with E-state index in [1.165, 1.54) is 11.3 Å². The topological polar surface area (TPSA) is 28.2 Å². The minimum absolute atomic E-state index is 0.346. The highest BCUT2D eigenvalue weighted by Crippen LogP contribution is 2.29. The van der Waals surface area contributed by atoms with Crippen molar-refractivity contribution in [2.24, 2.45) is 0 Å². The highest BCUT2D eigenvalue weighted by atomic mass is 79.9. The molecule has 1 aromatic heterocycles. The molecule has 1 N–H and O–H groups in total. The van der Waals surface area contributed by atoms with Crippen molar-refractivity contribution in [2.75, 3.05) is 19.0 Å². The Morgan fingerprint density at radius 3 is 2.67 bits per heavy atom. The van der Waals surface area contributed by atoms with Gasteiger partial charge in [-0.05, 0) is 66.7 Å². The number of hydrogen-bond donors (Lipinski definition) is 1. The van der Waals surface area contributed by atoms with E-state index in [1.54, 1.807) is 0 Å². The first-order valence-corrected chi connectivity index (χ1v) is 7.91. The van der Waals surface area contributed by atoms with E-state index in [2.05, 4.69) is 75.4 Å². The second kappa shape index (κ2) is 7.05. The lowest BCUT2D eigenvalue weighted by molar-refractivity contribution is 0.652. The minimum atomic E-state index is 0.346. The zero-order valence-corrected chi connectivity index (χ0v) is 14.6. The number of rotatable bonds is 5. The van der Waals surface area contributed by atoms with Crippen molar-refractivity contribution in [3.05, 3.63) is 57.8 Å². The molecule has 112 valence electrons. The molecule has 1 aromatic carbocycles. The summed E-state index contributed by atoms with van der Waals surface area (Å²) in [5.41, 5.74) is 4.58. The number of aromatic nitrogens is 1. The lowest BCUT2D eigenvalue weighted by Crippen LogP contribution is -2.18. The van der Waals surface area contributed by atoms with Crippen LogP contribution >= 0.6 is 15.9 Å². The number of pyridine rings is 1. The van der Waals surface area contributed by atoms with Crippen molar-refractivity contribution in [3.8, 4) is 0 Å². The van der Waals surface area contributed by atoms with Crippen LogP contribution < -0.4 is 10.2 Å². The van der Waals surface area contributed by atoms with Gasteiger partial charge in [0.25, 0.3) is 0 Å². The van der Waals surface area contributed by atoms with E-state index in [4.69, 9.17) is 0 Å². The Balaban J connectivity index is 2.17. The Morgan fingerprint density at radius 2 is 2.05 bits per heavy atom. The third kappa shape index (κ3) is 4.05. The van der Waals surface area contributed by atoms with Gasteiger partial charge in [0.1, 0.15) is 0 Å². The number of nitrogens with one attached hydrogen (secondary N) is 1. The molecule has 0 amide bonds. The summed E-state index contributed by atoms with van der Waals surface area (Å²) >= 11 is 3.68. The van der Waals surface area contributed by atoms with Crippen molar-refractivity contribution >= 4 is 21.6 Å². The Hall–Kier alpha value is -1.39. The van der Waals surface area contributed by atoms with Crippen molar-refractivity contribution in [1.29, 1.82) is 0 Å². The highest BCUT2D eigenvalue weighted by molar-refractivity contribution is 9.10. The predicted molar refractivity (Wildman–Crippen MR) is 92.7 cm³/mol. The number of anilines is 1. The van der Waals surface area contributed by atoms with E-state index in [9.17, 15) is 0 Å². The Bertz CT molecular complexity index is 613. The van der Waals surface area contributed by atoms with Crippen molar-refractivity contribution in [3.63, 3.8) is 0 Å². The molecule has 0 aliphatic carbocycles. The van der Waals surface area contributed by atoms with Crippen LogP contribution in [0, 0.1) is 6.92 Å². The summed E-state index contributed by atoms with van der Waals surface area (Å²) < 4.78 is 1.11. The lowest BCUT2D eigenvalue weighted by atomic mass is 10.1. The van der Waals surface area contributed by atoms with Crippen LogP contribution in [0.15, 0.2) is 40.9 Å². The third-order valence-electron chi connectivity index (χ3n) is 3.66. The lowest BCUT2D eigenvalue weighted by Gasteiger charge is -2.22. The van der Waals surface area contributed by atoms with Crippen LogP contribution in [0.4, 0.5) is 5.69 Å². The summed E-state index contributed by atoms with van der Waals surface area (Å²) in [6, 6.07) is 13.0. The first kappa shape index (κ1) is 16.0. The van der Waals surface area contributed by atoms with Crippen LogP contribution in [0.5, 0.6) is 0 Å². The maximum absolute atomic E-state index is 4.56. The van der Waals surface area contributed by atoms with Crippen LogP contribution in [0.1, 0.15) is 29.9 Å².